The van der Waals surface area contributed by atoms with Gasteiger partial charge in [-0.15, -0.1) is 5.10 Å². The van der Waals surface area contributed by atoms with Crippen LogP contribution in [-0.4, -0.2) is 69.6 Å². The SMILES string of the molecule is COC[C@H](C)Nc1ncc2c(C3C[C@H]4CC[C@@H](C3)N4C)cc([C@H]3CC[C@H](O)CC3)n2n1. The molecule has 170 valence electrons. The van der Waals surface area contributed by atoms with Crippen molar-refractivity contribution in [2.45, 2.75) is 94.4 Å². The van der Waals surface area contributed by atoms with E-state index in [1.807, 2.05) is 6.20 Å². The lowest BCUT2D eigenvalue weighted by Crippen LogP contribution is -2.39. The molecule has 5 rings (SSSR count). The number of nitrogens with zero attached hydrogens (tertiary/aromatic N) is 4. The molecule has 2 bridgehead atoms. The molecule has 1 aliphatic carbocycles. The summed E-state index contributed by atoms with van der Waals surface area (Å²) >= 11 is 0. The van der Waals surface area contributed by atoms with Gasteiger partial charge in [0.05, 0.1) is 24.4 Å². The molecule has 7 nitrogen and oxygen atoms in total. The van der Waals surface area contributed by atoms with Crippen molar-refractivity contribution in [3.63, 3.8) is 0 Å². The van der Waals surface area contributed by atoms with E-state index in [0.29, 0.717) is 36.5 Å². The Morgan fingerprint density at radius 3 is 2.52 bits per heavy atom. The number of anilines is 1. The molecule has 1 unspecified atom stereocenters. The molecule has 0 amide bonds. The first-order valence-corrected chi connectivity index (χ1v) is 12.1. The Labute approximate surface area is 185 Å². The molecule has 0 aromatic carbocycles. The Kier molecular flexibility index (Phi) is 5.92. The van der Waals surface area contributed by atoms with Crippen LogP contribution < -0.4 is 5.32 Å². The molecule has 31 heavy (non-hydrogen) atoms. The summed E-state index contributed by atoms with van der Waals surface area (Å²) in [6.07, 6.45) is 10.8. The van der Waals surface area contributed by atoms with Gasteiger partial charge in [0.2, 0.25) is 5.95 Å². The van der Waals surface area contributed by atoms with Crippen molar-refractivity contribution in [3.8, 4) is 0 Å². The zero-order valence-electron chi connectivity index (χ0n) is 19.1. The van der Waals surface area contributed by atoms with Gasteiger partial charge in [0.1, 0.15) is 0 Å². The lowest BCUT2D eigenvalue weighted by atomic mass is 9.83. The smallest absolute Gasteiger partial charge is 0.241 e. The third-order valence-electron chi connectivity index (χ3n) is 8.02. The topological polar surface area (TPSA) is 74.9 Å². The van der Waals surface area contributed by atoms with E-state index in [1.165, 1.54) is 42.5 Å². The molecule has 2 aliphatic heterocycles. The number of ether oxygens (including phenoxy) is 1. The van der Waals surface area contributed by atoms with Crippen molar-refractivity contribution in [2.24, 2.45) is 0 Å². The summed E-state index contributed by atoms with van der Waals surface area (Å²) in [5.41, 5.74) is 3.90. The third-order valence-corrected chi connectivity index (χ3v) is 8.02. The van der Waals surface area contributed by atoms with Crippen LogP contribution in [0.5, 0.6) is 0 Å². The predicted molar refractivity (Wildman–Crippen MR) is 122 cm³/mol. The van der Waals surface area contributed by atoms with Gasteiger partial charge in [0.15, 0.2) is 0 Å². The molecule has 1 saturated carbocycles. The van der Waals surface area contributed by atoms with Crippen LogP contribution in [0.2, 0.25) is 0 Å². The van der Waals surface area contributed by atoms with Gasteiger partial charge < -0.3 is 20.1 Å². The summed E-state index contributed by atoms with van der Waals surface area (Å²) in [5.74, 6) is 1.69. The lowest BCUT2D eigenvalue weighted by molar-refractivity contribution is 0.121. The van der Waals surface area contributed by atoms with Gasteiger partial charge in [0.25, 0.3) is 0 Å². The molecule has 0 spiro atoms. The highest BCUT2D eigenvalue weighted by Crippen LogP contribution is 2.45. The number of nitrogens with one attached hydrogen (secondary N) is 1. The minimum Gasteiger partial charge on any atom is -0.393 e. The van der Waals surface area contributed by atoms with Crippen LogP contribution in [0.4, 0.5) is 5.95 Å². The molecule has 2 aromatic rings. The third kappa shape index (κ3) is 4.08. The molecular weight excluding hydrogens is 390 g/mol. The van der Waals surface area contributed by atoms with E-state index >= 15 is 0 Å². The summed E-state index contributed by atoms with van der Waals surface area (Å²) in [6, 6.07) is 4.01. The maximum atomic E-state index is 10.0. The number of methoxy groups -OCH3 is 1. The maximum Gasteiger partial charge on any atom is 0.241 e. The number of fused-ring (bicyclic) bond motifs is 3. The first-order valence-electron chi connectivity index (χ1n) is 12.1. The molecular formula is C24H37N5O2. The van der Waals surface area contributed by atoms with Crippen LogP contribution >= 0.6 is 0 Å². The fourth-order valence-electron chi connectivity index (χ4n) is 6.27. The van der Waals surface area contributed by atoms with Crippen molar-refractivity contribution >= 4 is 11.5 Å². The van der Waals surface area contributed by atoms with Gasteiger partial charge in [-0.05, 0) is 82.9 Å². The first kappa shape index (κ1) is 21.2. The van der Waals surface area contributed by atoms with Crippen LogP contribution in [0, 0.1) is 0 Å². The van der Waals surface area contributed by atoms with Crippen LogP contribution in [0.1, 0.15) is 81.4 Å². The highest BCUT2D eigenvalue weighted by Gasteiger charge is 2.40. The van der Waals surface area contributed by atoms with E-state index in [4.69, 9.17) is 9.84 Å². The average molecular weight is 428 g/mol. The Hall–Kier alpha value is -1.70. The zero-order chi connectivity index (χ0) is 21.5. The van der Waals surface area contributed by atoms with Crippen molar-refractivity contribution in [3.05, 3.63) is 23.5 Å². The van der Waals surface area contributed by atoms with E-state index in [2.05, 4.69) is 39.8 Å². The van der Waals surface area contributed by atoms with E-state index in [9.17, 15) is 5.11 Å². The van der Waals surface area contributed by atoms with Crippen LogP contribution in [-0.2, 0) is 4.74 Å². The molecule has 2 saturated heterocycles. The molecule has 4 heterocycles. The van der Waals surface area contributed by atoms with E-state index in [0.717, 1.165) is 25.7 Å². The molecule has 7 heteroatoms. The number of aromatic nitrogens is 3. The van der Waals surface area contributed by atoms with Gasteiger partial charge in [-0.1, -0.05) is 0 Å². The minimum atomic E-state index is -0.145. The molecule has 0 radical (unpaired) electrons. The number of aliphatic hydroxyl groups excluding tert-OH is 1. The Bertz CT molecular complexity index is 893. The predicted octanol–water partition coefficient (Wildman–Crippen LogP) is 3.53. The van der Waals surface area contributed by atoms with Crippen LogP contribution in [0.25, 0.3) is 5.52 Å². The minimum absolute atomic E-state index is 0.145. The van der Waals surface area contributed by atoms with Crippen molar-refractivity contribution in [1.29, 1.82) is 0 Å². The standard InChI is InChI=1S/C24H37N5O2/c1-15(14-31-3)26-24-25-13-23-21(17-10-18-6-7-19(11-17)28(18)2)12-22(29(23)27-24)16-4-8-20(30)9-5-16/h12-13,15-20,30H,4-11,14H2,1-3H3,(H,26,27)/t15-,16-,17?,18-,19+,20-/m0/s1. The second-order valence-electron chi connectivity index (χ2n) is 10.1. The van der Waals surface area contributed by atoms with Crippen molar-refractivity contribution in [2.75, 3.05) is 26.1 Å². The fourth-order valence-corrected chi connectivity index (χ4v) is 6.27. The van der Waals surface area contributed by atoms with E-state index in [1.54, 1.807) is 7.11 Å². The maximum absolute atomic E-state index is 10.0. The van der Waals surface area contributed by atoms with E-state index < -0.39 is 0 Å². The second-order valence-corrected chi connectivity index (χ2v) is 10.1. The molecule has 2 aromatic heterocycles. The molecule has 3 aliphatic rings. The Morgan fingerprint density at radius 1 is 1.13 bits per heavy atom. The highest BCUT2D eigenvalue weighted by molar-refractivity contribution is 5.59. The summed E-state index contributed by atoms with van der Waals surface area (Å²) in [6.45, 7) is 2.69. The average Bonchev–Trinajstić information content (AvgIpc) is 3.20. The first-order chi connectivity index (χ1) is 15.0. The summed E-state index contributed by atoms with van der Waals surface area (Å²) < 4.78 is 7.42. The molecule has 4 atom stereocenters. The highest BCUT2D eigenvalue weighted by atomic mass is 16.5. The normalized spacial score (nSPS) is 32.5. The molecule has 2 N–H and O–H groups in total. The Balaban J connectivity index is 1.50. The second kappa shape index (κ2) is 8.68. The Morgan fingerprint density at radius 2 is 1.84 bits per heavy atom. The van der Waals surface area contributed by atoms with Gasteiger partial charge in [-0.25, -0.2) is 9.50 Å². The van der Waals surface area contributed by atoms with Gasteiger partial charge in [-0.3, -0.25) is 0 Å². The summed E-state index contributed by atoms with van der Waals surface area (Å²) in [7, 11) is 4.02. The molecule has 3 fully saturated rings. The van der Waals surface area contributed by atoms with Crippen LogP contribution in [0.3, 0.4) is 0 Å². The van der Waals surface area contributed by atoms with Gasteiger partial charge in [0, 0.05) is 36.8 Å². The number of hydrogen-bond acceptors (Lipinski definition) is 6. The number of rotatable bonds is 6. The largest absolute Gasteiger partial charge is 0.393 e. The van der Waals surface area contributed by atoms with Gasteiger partial charge in [-0.2, -0.15) is 0 Å². The number of aliphatic hydroxyl groups is 1. The summed E-state index contributed by atoms with van der Waals surface area (Å²) in [4.78, 5) is 7.28. The van der Waals surface area contributed by atoms with Gasteiger partial charge >= 0.3 is 0 Å². The number of hydrogen-bond donors (Lipinski definition) is 2. The summed E-state index contributed by atoms with van der Waals surface area (Å²) in [5, 5.41) is 18.3. The van der Waals surface area contributed by atoms with Crippen molar-refractivity contribution in [1.82, 2.24) is 19.5 Å². The van der Waals surface area contributed by atoms with Crippen molar-refractivity contribution < 1.29 is 9.84 Å². The lowest BCUT2D eigenvalue weighted by Gasteiger charge is -2.36. The van der Waals surface area contributed by atoms with Crippen LogP contribution in [0.15, 0.2) is 12.3 Å². The quantitative estimate of drug-likeness (QED) is 0.735. The number of piperidine rings is 1. The zero-order valence-corrected chi connectivity index (χ0v) is 19.1. The van der Waals surface area contributed by atoms with E-state index in [-0.39, 0.29) is 12.1 Å². The fraction of sp³-hybridized carbons (Fsp3) is 0.750. The monoisotopic (exact) mass is 427 g/mol.